The molecule has 0 unspecified atom stereocenters. The zero-order valence-electron chi connectivity index (χ0n) is 9.88. The normalized spacial score (nSPS) is 11.9. The summed E-state index contributed by atoms with van der Waals surface area (Å²) in [4.78, 5) is 7.70. The monoisotopic (exact) mass is 267 g/mol. The third-order valence-corrected chi connectivity index (χ3v) is 2.22. The van der Waals surface area contributed by atoms with Crippen LogP contribution in [0.15, 0.2) is 0 Å². The molecule has 1 rings (SSSR count). The van der Waals surface area contributed by atoms with Gasteiger partial charge in [0.15, 0.2) is 6.61 Å². The molecule has 8 heteroatoms. The van der Waals surface area contributed by atoms with Crippen molar-refractivity contribution in [2.45, 2.75) is 32.6 Å². The van der Waals surface area contributed by atoms with Gasteiger partial charge >= 0.3 is 12.3 Å². The fourth-order valence-corrected chi connectivity index (χ4v) is 1.08. The van der Waals surface area contributed by atoms with E-state index in [0.717, 1.165) is 0 Å². The molecule has 0 spiro atoms. The summed E-state index contributed by atoms with van der Waals surface area (Å²) < 4.78 is 53.9. The van der Waals surface area contributed by atoms with Gasteiger partial charge in [0.1, 0.15) is 11.6 Å². The van der Waals surface area contributed by atoms with Crippen LogP contribution in [-0.4, -0.2) is 28.9 Å². The first-order chi connectivity index (χ1) is 8.27. The molecule has 0 saturated carbocycles. The van der Waals surface area contributed by atoms with Crippen LogP contribution in [-0.2, 0) is 6.42 Å². The van der Waals surface area contributed by atoms with Gasteiger partial charge in [-0.25, -0.2) is 13.8 Å². The summed E-state index contributed by atoms with van der Waals surface area (Å²) in [5, 5.41) is 0. The van der Waals surface area contributed by atoms with Crippen molar-refractivity contribution in [1.82, 2.24) is 9.97 Å². The summed E-state index contributed by atoms with van der Waals surface area (Å²) in [7, 11) is 0. The molecule has 0 bridgehead atoms. The van der Waals surface area contributed by atoms with Gasteiger partial charge in [-0.15, -0.1) is 0 Å². The van der Waals surface area contributed by atoms with Gasteiger partial charge in [0, 0.05) is 6.42 Å². The maximum atomic E-state index is 12.7. The lowest BCUT2D eigenvalue weighted by Crippen LogP contribution is -2.34. The summed E-state index contributed by atoms with van der Waals surface area (Å²) in [6.07, 6.45) is -3.37. The molecule has 0 aliphatic rings. The number of nitrogen functional groups attached to an aromatic ring is 1. The number of aryl methyl sites for hydroxylation is 1. The number of aromatic nitrogens is 2. The van der Waals surface area contributed by atoms with E-state index < -0.39 is 19.0 Å². The molecule has 0 saturated heterocycles. The molecule has 0 aliphatic heterocycles. The van der Waals surface area contributed by atoms with E-state index in [4.69, 9.17) is 5.73 Å². The Bertz CT molecular complexity index is 426. The number of ether oxygens (including phenoxy) is 1. The first-order valence-corrected chi connectivity index (χ1v) is 5.19. The molecule has 2 N–H and O–H groups in total. The standard InChI is InChI=1S/C10H13F4N3O/c1-3-6-16-7(15)5(2)8(17-6)18-4-10(13,14)9(11)12/h9H,3-4H2,1-2H3,(H2,15,16,17). The number of nitrogens with zero attached hydrogens (tertiary/aromatic N) is 2. The van der Waals surface area contributed by atoms with Crippen LogP contribution < -0.4 is 10.5 Å². The first kappa shape index (κ1) is 14.5. The number of anilines is 1. The third-order valence-electron chi connectivity index (χ3n) is 2.22. The van der Waals surface area contributed by atoms with Crippen molar-refractivity contribution < 1.29 is 22.3 Å². The highest BCUT2D eigenvalue weighted by Gasteiger charge is 2.42. The topological polar surface area (TPSA) is 61.0 Å². The number of hydrogen-bond acceptors (Lipinski definition) is 4. The van der Waals surface area contributed by atoms with Gasteiger partial charge in [0.25, 0.3) is 0 Å². The molecule has 0 atom stereocenters. The molecule has 1 aromatic rings. The van der Waals surface area contributed by atoms with Crippen LogP contribution in [0.5, 0.6) is 5.88 Å². The van der Waals surface area contributed by atoms with Gasteiger partial charge in [-0.3, -0.25) is 0 Å². The lowest BCUT2D eigenvalue weighted by atomic mass is 10.3. The van der Waals surface area contributed by atoms with Gasteiger partial charge in [-0.05, 0) is 6.92 Å². The summed E-state index contributed by atoms with van der Waals surface area (Å²) in [6.45, 7) is 1.75. The van der Waals surface area contributed by atoms with E-state index in [1.54, 1.807) is 6.92 Å². The first-order valence-electron chi connectivity index (χ1n) is 5.19. The van der Waals surface area contributed by atoms with Crippen LogP contribution >= 0.6 is 0 Å². The lowest BCUT2D eigenvalue weighted by Gasteiger charge is -2.17. The minimum absolute atomic E-state index is 0.0808. The Kier molecular flexibility index (Phi) is 4.31. The maximum Gasteiger partial charge on any atom is 0.340 e. The van der Waals surface area contributed by atoms with Crippen molar-refractivity contribution in [3.8, 4) is 5.88 Å². The average molecular weight is 267 g/mol. The Morgan fingerprint density at radius 1 is 1.33 bits per heavy atom. The van der Waals surface area contributed by atoms with E-state index in [-0.39, 0.29) is 17.3 Å². The minimum atomic E-state index is -4.22. The molecule has 0 amide bonds. The smallest absolute Gasteiger partial charge is 0.340 e. The van der Waals surface area contributed by atoms with Gasteiger partial charge in [-0.1, -0.05) is 6.92 Å². The van der Waals surface area contributed by atoms with Gasteiger partial charge in [0.05, 0.1) is 5.56 Å². The number of nitrogens with two attached hydrogens (primary N) is 1. The second-order valence-electron chi connectivity index (χ2n) is 3.66. The molecule has 1 heterocycles. The minimum Gasteiger partial charge on any atom is -0.471 e. The van der Waals surface area contributed by atoms with Crippen molar-refractivity contribution in [3.05, 3.63) is 11.4 Å². The maximum absolute atomic E-state index is 12.7. The summed E-state index contributed by atoms with van der Waals surface area (Å²) in [6, 6.07) is 0. The van der Waals surface area contributed by atoms with Crippen LogP contribution in [0, 0.1) is 6.92 Å². The molecular formula is C10H13F4N3O. The van der Waals surface area contributed by atoms with Crippen LogP contribution in [0.1, 0.15) is 18.3 Å². The van der Waals surface area contributed by atoms with Crippen molar-refractivity contribution >= 4 is 5.82 Å². The molecule has 0 aromatic carbocycles. The molecule has 18 heavy (non-hydrogen) atoms. The van der Waals surface area contributed by atoms with Crippen molar-refractivity contribution in [2.24, 2.45) is 0 Å². The van der Waals surface area contributed by atoms with E-state index in [0.29, 0.717) is 12.2 Å². The van der Waals surface area contributed by atoms with E-state index in [1.165, 1.54) is 6.92 Å². The highest BCUT2D eigenvalue weighted by atomic mass is 19.3. The SMILES string of the molecule is CCc1nc(N)c(C)c(OCC(F)(F)C(F)F)n1. The second kappa shape index (κ2) is 5.36. The predicted octanol–water partition coefficient (Wildman–Crippen LogP) is 2.21. The Labute approximate surface area is 101 Å². The predicted molar refractivity (Wildman–Crippen MR) is 57.0 cm³/mol. The fraction of sp³-hybridized carbons (Fsp3) is 0.600. The van der Waals surface area contributed by atoms with Gasteiger partial charge in [0.2, 0.25) is 5.88 Å². The molecule has 0 radical (unpaired) electrons. The Hall–Kier alpha value is -1.60. The Morgan fingerprint density at radius 3 is 2.44 bits per heavy atom. The highest BCUT2D eigenvalue weighted by molar-refractivity contribution is 5.44. The Morgan fingerprint density at radius 2 is 1.94 bits per heavy atom. The molecule has 4 nitrogen and oxygen atoms in total. The highest BCUT2D eigenvalue weighted by Crippen LogP contribution is 2.26. The van der Waals surface area contributed by atoms with E-state index in [2.05, 4.69) is 14.7 Å². The molecule has 1 aromatic heterocycles. The zero-order valence-corrected chi connectivity index (χ0v) is 9.88. The number of halogens is 4. The molecular weight excluding hydrogens is 254 g/mol. The number of alkyl halides is 4. The van der Waals surface area contributed by atoms with Crippen molar-refractivity contribution in [2.75, 3.05) is 12.3 Å². The zero-order chi connectivity index (χ0) is 13.9. The van der Waals surface area contributed by atoms with Crippen LogP contribution in [0.25, 0.3) is 0 Å². The number of rotatable bonds is 5. The summed E-state index contributed by atoms with van der Waals surface area (Å²) in [5.74, 6) is -4.04. The largest absolute Gasteiger partial charge is 0.471 e. The second-order valence-corrected chi connectivity index (χ2v) is 3.66. The van der Waals surface area contributed by atoms with E-state index in [9.17, 15) is 17.6 Å². The molecule has 0 fully saturated rings. The van der Waals surface area contributed by atoms with Crippen LogP contribution in [0.2, 0.25) is 0 Å². The molecule has 0 aliphatic carbocycles. The lowest BCUT2D eigenvalue weighted by molar-refractivity contribution is -0.148. The van der Waals surface area contributed by atoms with Crippen LogP contribution in [0.4, 0.5) is 23.4 Å². The quantitative estimate of drug-likeness (QED) is 0.831. The van der Waals surface area contributed by atoms with Crippen molar-refractivity contribution in [1.29, 1.82) is 0 Å². The van der Waals surface area contributed by atoms with Gasteiger partial charge in [-0.2, -0.15) is 13.8 Å². The average Bonchev–Trinajstić information content (AvgIpc) is 2.30. The third kappa shape index (κ3) is 3.21. The summed E-state index contributed by atoms with van der Waals surface area (Å²) in [5.41, 5.74) is 5.78. The van der Waals surface area contributed by atoms with E-state index in [1.807, 2.05) is 0 Å². The number of hydrogen-bond donors (Lipinski definition) is 1. The van der Waals surface area contributed by atoms with Gasteiger partial charge < -0.3 is 10.5 Å². The molecule has 102 valence electrons. The van der Waals surface area contributed by atoms with E-state index >= 15 is 0 Å². The van der Waals surface area contributed by atoms with Crippen molar-refractivity contribution in [3.63, 3.8) is 0 Å². The van der Waals surface area contributed by atoms with Crippen LogP contribution in [0.3, 0.4) is 0 Å². The fourth-order valence-electron chi connectivity index (χ4n) is 1.08. The Balaban J connectivity index is 2.88. The summed E-state index contributed by atoms with van der Waals surface area (Å²) >= 11 is 0.